The second kappa shape index (κ2) is 4.94. The van der Waals surface area contributed by atoms with Crippen LogP contribution in [0.2, 0.25) is 0 Å². The monoisotopic (exact) mass is 261 g/mol. The lowest BCUT2D eigenvalue weighted by Gasteiger charge is -2.26. The number of benzene rings is 1. The summed E-state index contributed by atoms with van der Waals surface area (Å²) in [6.45, 7) is 2.81. The molecule has 0 saturated carbocycles. The van der Waals surface area contributed by atoms with Crippen molar-refractivity contribution in [2.75, 3.05) is 11.9 Å². The summed E-state index contributed by atoms with van der Waals surface area (Å²) in [5.41, 5.74) is 1.21. The molecule has 1 aliphatic rings. The molecule has 4 nitrogen and oxygen atoms in total. The van der Waals surface area contributed by atoms with Gasteiger partial charge in [0.15, 0.2) is 0 Å². The Morgan fingerprint density at radius 2 is 2.33 bits per heavy atom. The number of aryl methyl sites for hydroxylation is 1. The Hall–Kier alpha value is -1.62. The molecule has 3 rings (SSSR count). The van der Waals surface area contributed by atoms with Gasteiger partial charge in [-0.05, 0) is 6.07 Å². The molecule has 94 valence electrons. The first-order chi connectivity index (χ1) is 8.86. The Morgan fingerprint density at radius 1 is 1.44 bits per heavy atom. The Kier molecular flexibility index (Phi) is 3.15. The zero-order valence-electron chi connectivity index (χ0n) is 10.2. The highest BCUT2D eigenvalue weighted by molar-refractivity contribution is 7.09. The Bertz CT molecular complexity index is 541. The number of hydrogen-bond donors (Lipinski definition) is 1. The van der Waals surface area contributed by atoms with Crippen LogP contribution in [0, 0.1) is 0 Å². The first kappa shape index (κ1) is 11.5. The van der Waals surface area contributed by atoms with Crippen LogP contribution in [0.1, 0.15) is 30.8 Å². The third-order valence-electron chi connectivity index (χ3n) is 3.04. The average molecular weight is 261 g/mol. The molecule has 0 bridgehead atoms. The maximum absolute atomic E-state index is 5.65. The zero-order valence-corrected chi connectivity index (χ0v) is 11.0. The van der Waals surface area contributed by atoms with Gasteiger partial charge in [-0.25, -0.2) is 4.98 Å². The Labute approximate surface area is 110 Å². The van der Waals surface area contributed by atoms with Crippen molar-refractivity contribution >= 4 is 16.7 Å². The minimum atomic E-state index is 0.271. The van der Waals surface area contributed by atoms with E-state index in [1.807, 2.05) is 18.2 Å². The number of aromatic nitrogens is 2. The summed E-state index contributed by atoms with van der Waals surface area (Å²) in [7, 11) is 0. The molecule has 2 heterocycles. The Balaban J connectivity index is 1.81. The predicted octanol–water partition coefficient (Wildman–Crippen LogP) is 3.04. The van der Waals surface area contributed by atoms with E-state index < -0.39 is 0 Å². The lowest BCUT2D eigenvalue weighted by molar-refractivity contribution is 0.274. The summed E-state index contributed by atoms with van der Waals surface area (Å²) < 4.78 is 9.94. The number of nitrogens with zero attached hydrogens (tertiary/aromatic N) is 2. The SMILES string of the molecule is CCc1nsc(NC2CCOc3ccccc32)n1. The van der Waals surface area contributed by atoms with Gasteiger partial charge in [-0.2, -0.15) is 4.37 Å². The number of hydrogen-bond acceptors (Lipinski definition) is 5. The summed E-state index contributed by atoms with van der Waals surface area (Å²) in [5.74, 6) is 1.88. The molecular weight excluding hydrogens is 246 g/mol. The van der Waals surface area contributed by atoms with Crippen molar-refractivity contribution in [2.45, 2.75) is 25.8 Å². The van der Waals surface area contributed by atoms with Gasteiger partial charge in [0, 0.05) is 29.9 Å². The molecule has 1 atom stereocenters. The first-order valence-corrected chi connectivity index (χ1v) is 6.95. The van der Waals surface area contributed by atoms with Gasteiger partial charge >= 0.3 is 0 Å². The van der Waals surface area contributed by atoms with E-state index in [2.05, 4.69) is 27.7 Å². The van der Waals surface area contributed by atoms with Crippen molar-refractivity contribution in [3.8, 4) is 5.75 Å². The number of ether oxygens (including phenoxy) is 1. The average Bonchev–Trinajstić information content (AvgIpc) is 2.87. The summed E-state index contributed by atoms with van der Waals surface area (Å²) in [5, 5.41) is 4.35. The maximum atomic E-state index is 5.65. The molecule has 1 aliphatic heterocycles. The first-order valence-electron chi connectivity index (χ1n) is 6.17. The molecule has 0 spiro atoms. The van der Waals surface area contributed by atoms with Crippen molar-refractivity contribution in [1.29, 1.82) is 0 Å². The van der Waals surface area contributed by atoms with Gasteiger partial charge in [0.25, 0.3) is 0 Å². The molecule has 1 N–H and O–H groups in total. The summed E-state index contributed by atoms with van der Waals surface area (Å²) in [6, 6.07) is 8.43. The molecule has 5 heteroatoms. The van der Waals surface area contributed by atoms with Crippen LogP contribution in [0.4, 0.5) is 5.13 Å². The number of fused-ring (bicyclic) bond motifs is 1. The van der Waals surface area contributed by atoms with E-state index in [0.717, 1.165) is 36.2 Å². The van der Waals surface area contributed by atoms with E-state index in [9.17, 15) is 0 Å². The molecule has 0 amide bonds. The lowest BCUT2D eigenvalue weighted by atomic mass is 10.0. The lowest BCUT2D eigenvalue weighted by Crippen LogP contribution is -2.20. The molecule has 18 heavy (non-hydrogen) atoms. The highest BCUT2D eigenvalue weighted by Gasteiger charge is 2.21. The van der Waals surface area contributed by atoms with Crippen LogP contribution >= 0.6 is 11.5 Å². The fraction of sp³-hybridized carbons (Fsp3) is 0.385. The fourth-order valence-electron chi connectivity index (χ4n) is 2.10. The third-order valence-corrected chi connectivity index (χ3v) is 3.72. The normalized spacial score (nSPS) is 17.9. The topological polar surface area (TPSA) is 47.0 Å². The quantitative estimate of drug-likeness (QED) is 0.922. The summed E-state index contributed by atoms with van der Waals surface area (Å²) in [4.78, 5) is 4.45. The van der Waals surface area contributed by atoms with Gasteiger partial charge in [-0.15, -0.1) is 0 Å². The van der Waals surface area contributed by atoms with Crippen LogP contribution in [0.25, 0.3) is 0 Å². The van der Waals surface area contributed by atoms with E-state index >= 15 is 0 Å². The summed E-state index contributed by atoms with van der Waals surface area (Å²) in [6.07, 6.45) is 1.83. The van der Waals surface area contributed by atoms with Gasteiger partial charge in [0.2, 0.25) is 5.13 Å². The minimum absolute atomic E-state index is 0.271. The summed E-state index contributed by atoms with van der Waals surface area (Å²) >= 11 is 1.43. The predicted molar refractivity (Wildman–Crippen MR) is 72.2 cm³/mol. The largest absolute Gasteiger partial charge is 0.493 e. The molecule has 2 aromatic rings. The molecule has 1 unspecified atom stereocenters. The van der Waals surface area contributed by atoms with E-state index in [-0.39, 0.29) is 6.04 Å². The van der Waals surface area contributed by atoms with E-state index in [1.165, 1.54) is 17.1 Å². The molecule has 0 fully saturated rings. The highest BCUT2D eigenvalue weighted by Crippen LogP contribution is 2.34. The van der Waals surface area contributed by atoms with Gasteiger partial charge in [-0.3, -0.25) is 0 Å². The van der Waals surface area contributed by atoms with E-state index in [4.69, 9.17) is 4.74 Å². The molecule has 0 aliphatic carbocycles. The number of para-hydroxylation sites is 1. The van der Waals surface area contributed by atoms with Gasteiger partial charge in [-0.1, -0.05) is 25.1 Å². The molecular formula is C13H15N3OS. The van der Waals surface area contributed by atoms with Crippen molar-refractivity contribution in [1.82, 2.24) is 9.36 Å². The van der Waals surface area contributed by atoms with Gasteiger partial charge in [0.1, 0.15) is 11.6 Å². The van der Waals surface area contributed by atoms with E-state index in [0.29, 0.717) is 0 Å². The van der Waals surface area contributed by atoms with Crippen LogP contribution in [-0.2, 0) is 6.42 Å². The van der Waals surface area contributed by atoms with Gasteiger partial charge in [0.05, 0.1) is 12.6 Å². The van der Waals surface area contributed by atoms with Crippen LogP contribution in [0.15, 0.2) is 24.3 Å². The molecule has 1 aromatic heterocycles. The number of nitrogens with one attached hydrogen (secondary N) is 1. The smallest absolute Gasteiger partial charge is 0.203 e. The number of rotatable bonds is 3. The molecule has 0 saturated heterocycles. The van der Waals surface area contributed by atoms with E-state index in [1.54, 1.807) is 0 Å². The maximum Gasteiger partial charge on any atom is 0.203 e. The Morgan fingerprint density at radius 3 is 3.17 bits per heavy atom. The van der Waals surface area contributed by atoms with Crippen molar-refractivity contribution < 1.29 is 4.74 Å². The number of anilines is 1. The van der Waals surface area contributed by atoms with Gasteiger partial charge < -0.3 is 10.1 Å². The van der Waals surface area contributed by atoms with Crippen LogP contribution < -0.4 is 10.1 Å². The van der Waals surface area contributed by atoms with Crippen molar-refractivity contribution in [3.05, 3.63) is 35.7 Å². The van der Waals surface area contributed by atoms with Crippen molar-refractivity contribution in [2.24, 2.45) is 0 Å². The molecule has 0 radical (unpaired) electrons. The van der Waals surface area contributed by atoms with Crippen LogP contribution in [-0.4, -0.2) is 16.0 Å². The third kappa shape index (κ3) is 2.18. The fourth-order valence-corrected chi connectivity index (χ4v) is 2.80. The highest BCUT2D eigenvalue weighted by atomic mass is 32.1. The standard InChI is InChI=1S/C13H15N3OS/c1-2-12-15-13(18-16-12)14-10-7-8-17-11-6-4-3-5-9(10)11/h3-6,10H,2,7-8H2,1H3,(H,14,15,16). The van der Waals surface area contributed by atoms with Crippen LogP contribution in [0.3, 0.4) is 0 Å². The van der Waals surface area contributed by atoms with Crippen molar-refractivity contribution in [3.63, 3.8) is 0 Å². The molecule has 1 aromatic carbocycles. The second-order valence-electron chi connectivity index (χ2n) is 4.24. The minimum Gasteiger partial charge on any atom is -0.493 e. The second-order valence-corrected chi connectivity index (χ2v) is 4.99. The zero-order chi connectivity index (χ0) is 12.4. The van der Waals surface area contributed by atoms with Crippen LogP contribution in [0.5, 0.6) is 5.75 Å².